The van der Waals surface area contributed by atoms with Gasteiger partial charge in [-0.1, -0.05) is 23.9 Å². The van der Waals surface area contributed by atoms with Crippen LogP contribution in [0.1, 0.15) is 11.1 Å². The Morgan fingerprint density at radius 1 is 1.24 bits per heavy atom. The molecule has 0 saturated carbocycles. The Morgan fingerprint density at radius 2 is 2.00 bits per heavy atom. The molecule has 0 saturated heterocycles. The third kappa shape index (κ3) is 2.82. The number of hydrogen-bond acceptors (Lipinski definition) is 3. The van der Waals surface area contributed by atoms with Crippen LogP contribution in [0, 0.1) is 13.8 Å². The third-order valence-electron chi connectivity index (χ3n) is 2.44. The fourth-order valence-electron chi connectivity index (χ4n) is 1.47. The van der Waals surface area contributed by atoms with Gasteiger partial charge in [-0.15, -0.1) is 0 Å². The Labute approximate surface area is 114 Å². The first-order valence-electron chi connectivity index (χ1n) is 5.22. The summed E-state index contributed by atoms with van der Waals surface area (Å²) in [6, 6.07) is 6.42. The maximum absolute atomic E-state index is 5.94. The van der Waals surface area contributed by atoms with Crippen molar-refractivity contribution in [3.05, 3.63) is 46.2 Å². The van der Waals surface area contributed by atoms with Crippen LogP contribution in [0.2, 0.25) is 0 Å². The molecule has 0 unspecified atom stereocenters. The second-order valence-corrected chi connectivity index (χ2v) is 5.82. The summed E-state index contributed by atoms with van der Waals surface area (Å²) >= 11 is 5.15. The Morgan fingerprint density at radius 3 is 2.71 bits per heavy atom. The van der Waals surface area contributed by atoms with Crippen LogP contribution in [0.15, 0.2) is 44.9 Å². The lowest BCUT2D eigenvalue weighted by atomic mass is 10.2. The molecule has 2 N–H and O–H groups in total. The molecule has 1 heterocycles. The minimum absolute atomic E-state index is 0.699. The van der Waals surface area contributed by atoms with Gasteiger partial charge in [0.05, 0.1) is 21.3 Å². The summed E-state index contributed by atoms with van der Waals surface area (Å²) in [5.41, 5.74) is 9.15. The highest BCUT2D eigenvalue weighted by Gasteiger charge is 2.08. The van der Waals surface area contributed by atoms with Crippen molar-refractivity contribution >= 4 is 33.4 Å². The molecule has 0 amide bonds. The second-order valence-electron chi connectivity index (χ2n) is 3.91. The number of rotatable bonds is 2. The summed E-state index contributed by atoms with van der Waals surface area (Å²) in [7, 11) is 0. The monoisotopic (exact) mass is 308 g/mol. The summed E-state index contributed by atoms with van der Waals surface area (Å²) in [5, 5.41) is 0. The Bertz CT molecular complexity index is 535. The number of anilines is 1. The number of pyridine rings is 1. The van der Waals surface area contributed by atoms with Gasteiger partial charge in [-0.05, 0) is 47.0 Å². The lowest BCUT2D eigenvalue weighted by Gasteiger charge is -2.10. The number of halogens is 1. The standard InChI is InChI=1S/C13H13BrN2S/c1-8-3-4-9(2)12(5-8)17-13-10(14)6-16-7-11(13)15/h3-7H,15H2,1-2H3. The van der Waals surface area contributed by atoms with Crippen molar-refractivity contribution in [3.63, 3.8) is 0 Å². The quantitative estimate of drug-likeness (QED) is 0.904. The largest absolute Gasteiger partial charge is 0.397 e. The molecule has 0 aliphatic rings. The van der Waals surface area contributed by atoms with Crippen LogP contribution in [0.4, 0.5) is 5.69 Å². The van der Waals surface area contributed by atoms with Gasteiger partial charge >= 0.3 is 0 Å². The van der Waals surface area contributed by atoms with E-state index in [0.29, 0.717) is 5.69 Å². The molecule has 2 rings (SSSR count). The lowest BCUT2D eigenvalue weighted by Crippen LogP contribution is -1.91. The maximum Gasteiger partial charge on any atom is 0.0653 e. The molecular formula is C13H13BrN2S. The molecule has 17 heavy (non-hydrogen) atoms. The highest BCUT2D eigenvalue weighted by atomic mass is 79.9. The number of aromatic nitrogens is 1. The maximum atomic E-state index is 5.94. The van der Waals surface area contributed by atoms with Crippen LogP contribution in [-0.4, -0.2) is 4.98 Å². The lowest BCUT2D eigenvalue weighted by molar-refractivity contribution is 1.22. The van der Waals surface area contributed by atoms with Crippen molar-refractivity contribution < 1.29 is 0 Å². The SMILES string of the molecule is Cc1ccc(C)c(Sc2c(N)cncc2Br)c1. The normalized spacial score (nSPS) is 10.5. The minimum Gasteiger partial charge on any atom is -0.397 e. The number of hydrogen-bond donors (Lipinski definition) is 1. The van der Waals surface area contributed by atoms with E-state index in [1.54, 1.807) is 24.2 Å². The van der Waals surface area contributed by atoms with Crippen molar-refractivity contribution in [3.8, 4) is 0 Å². The molecule has 4 heteroatoms. The van der Waals surface area contributed by atoms with Crippen LogP contribution in [0.5, 0.6) is 0 Å². The molecular weight excluding hydrogens is 296 g/mol. The number of aryl methyl sites for hydroxylation is 2. The first kappa shape index (κ1) is 12.5. The fraction of sp³-hybridized carbons (Fsp3) is 0.154. The van der Waals surface area contributed by atoms with Crippen LogP contribution in [0.3, 0.4) is 0 Å². The van der Waals surface area contributed by atoms with E-state index in [9.17, 15) is 0 Å². The molecule has 88 valence electrons. The molecule has 0 aliphatic heterocycles. The highest BCUT2D eigenvalue weighted by Crippen LogP contribution is 2.38. The zero-order chi connectivity index (χ0) is 12.4. The van der Waals surface area contributed by atoms with E-state index in [4.69, 9.17) is 5.73 Å². The fourth-order valence-corrected chi connectivity index (χ4v) is 3.08. The number of benzene rings is 1. The highest BCUT2D eigenvalue weighted by molar-refractivity contribution is 9.10. The van der Waals surface area contributed by atoms with E-state index in [1.165, 1.54) is 16.0 Å². The van der Waals surface area contributed by atoms with Crippen molar-refractivity contribution in [1.29, 1.82) is 0 Å². The van der Waals surface area contributed by atoms with Gasteiger partial charge in [0, 0.05) is 11.1 Å². The van der Waals surface area contributed by atoms with Gasteiger partial charge in [-0.2, -0.15) is 0 Å². The molecule has 0 bridgehead atoms. The Kier molecular flexibility index (Phi) is 3.74. The molecule has 0 atom stereocenters. The van der Waals surface area contributed by atoms with Crippen LogP contribution in [0.25, 0.3) is 0 Å². The van der Waals surface area contributed by atoms with Crippen molar-refractivity contribution in [1.82, 2.24) is 4.98 Å². The van der Waals surface area contributed by atoms with Gasteiger partial charge < -0.3 is 5.73 Å². The molecule has 0 radical (unpaired) electrons. The van der Waals surface area contributed by atoms with Crippen molar-refractivity contribution in [2.24, 2.45) is 0 Å². The van der Waals surface area contributed by atoms with Gasteiger partial charge in [0.1, 0.15) is 0 Å². The summed E-state index contributed by atoms with van der Waals surface area (Å²) in [5.74, 6) is 0. The summed E-state index contributed by atoms with van der Waals surface area (Å²) < 4.78 is 0.934. The first-order chi connectivity index (χ1) is 8.08. The van der Waals surface area contributed by atoms with Gasteiger partial charge in [-0.3, -0.25) is 4.98 Å². The van der Waals surface area contributed by atoms with Gasteiger partial charge in [0.25, 0.3) is 0 Å². The average Bonchev–Trinajstić information content (AvgIpc) is 2.28. The number of nitrogens with zero attached hydrogens (tertiary/aromatic N) is 1. The van der Waals surface area contributed by atoms with Crippen molar-refractivity contribution in [2.75, 3.05) is 5.73 Å². The summed E-state index contributed by atoms with van der Waals surface area (Å²) in [4.78, 5) is 6.29. The molecule has 0 spiro atoms. The van der Waals surface area contributed by atoms with Gasteiger partial charge in [0.15, 0.2) is 0 Å². The van der Waals surface area contributed by atoms with Crippen LogP contribution in [-0.2, 0) is 0 Å². The minimum atomic E-state index is 0.699. The van der Waals surface area contributed by atoms with Crippen LogP contribution < -0.4 is 5.73 Å². The van der Waals surface area contributed by atoms with Gasteiger partial charge in [0.2, 0.25) is 0 Å². The molecule has 0 fully saturated rings. The molecule has 1 aromatic carbocycles. The predicted molar refractivity (Wildman–Crippen MR) is 76.4 cm³/mol. The molecule has 2 nitrogen and oxygen atoms in total. The van der Waals surface area contributed by atoms with E-state index in [2.05, 4.69) is 53.0 Å². The van der Waals surface area contributed by atoms with E-state index >= 15 is 0 Å². The first-order valence-corrected chi connectivity index (χ1v) is 6.83. The summed E-state index contributed by atoms with van der Waals surface area (Å²) in [6.07, 6.45) is 3.45. The van der Waals surface area contributed by atoms with Gasteiger partial charge in [-0.25, -0.2) is 0 Å². The molecule has 2 aromatic rings. The molecule has 0 aliphatic carbocycles. The summed E-state index contributed by atoms with van der Waals surface area (Å²) in [6.45, 7) is 4.20. The van der Waals surface area contributed by atoms with Crippen LogP contribution >= 0.6 is 27.7 Å². The Balaban J connectivity index is 2.41. The average molecular weight is 309 g/mol. The number of nitrogens with two attached hydrogens (primary N) is 1. The van der Waals surface area contributed by atoms with E-state index in [1.807, 2.05) is 0 Å². The predicted octanol–water partition coefficient (Wildman–Crippen LogP) is 4.19. The molecule has 1 aromatic heterocycles. The zero-order valence-corrected chi connectivity index (χ0v) is 12.1. The second kappa shape index (κ2) is 5.10. The van der Waals surface area contributed by atoms with E-state index < -0.39 is 0 Å². The number of nitrogen functional groups attached to an aromatic ring is 1. The smallest absolute Gasteiger partial charge is 0.0653 e. The zero-order valence-electron chi connectivity index (χ0n) is 9.70. The Hall–Kier alpha value is -1.00. The topological polar surface area (TPSA) is 38.9 Å². The van der Waals surface area contributed by atoms with E-state index in [-0.39, 0.29) is 0 Å². The van der Waals surface area contributed by atoms with E-state index in [0.717, 1.165) is 9.37 Å². The third-order valence-corrected chi connectivity index (χ3v) is 4.62. The van der Waals surface area contributed by atoms with Crippen molar-refractivity contribution in [2.45, 2.75) is 23.6 Å².